The summed E-state index contributed by atoms with van der Waals surface area (Å²) in [5, 5.41) is 18.8. The topological polar surface area (TPSA) is 70.8 Å². The maximum Gasteiger partial charge on any atom is 0.491 e. The third kappa shape index (κ3) is 2.53. The predicted molar refractivity (Wildman–Crippen MR) is 104 cm³/mol. The zero-order valence-corrected chi connectivity index (χ0v) is 15.1. The van der Waals surface area contributed by atoms with E-state index in [4.69, 9.17) is 9.76 Å². The van der Waals surface area contributed by atoms with Crippen LogP contribution in [0.25, 0.3) is 10.2 Å². The fourth-order valence-corrected chi connectivity index (χ4v) is 4.38. The van der Waals surface area contributed by atoms with Gasteiger partial charge in [-0.3, -0.25) is 0 Å². The highest BCUT2D eigenvalue weighted by atomic mass is 32.1. The molecule has 2 aliphatic rings. The van der Waals surface area contributed by atoms with Crippen LogP contribution < -0.4 is 10.5 Å². The van der Waals surface area contributed by atoms with Gasteiger partial charge in [0.15, 0.2) is 5.82 Å². The number of hydrogen-bond acceptors (Lipinski definition) is 7. The third-order valence-corrected chi connectivity index (χ3v) is 5.92. The van der Waals surface area contributed by atoms with E-state index in [1.165, 1.54) is 0 Å². The number of thiophene rings is 1. The number of hydrogen-bond donors (Lipinski definition) is 1. The lowest BCUT2D eigenvalue weighted by molar-refractivity contribution is 0.275. The molecule has 8 heteroatoms. The summed E-state index contributed by atoms with van der Waals surface area (Å²) in [5.74, 6) is 0.870. The van der Waals surface area contributed by atoms with Gasteiger partial charge in [0.25, 0.3) is 0 Å². The minimum absolute atomic E-state index is 0.276. The molecule has 1 N–H and O–H groups in total. The molecule has 1 aromatic carbocycles. The molecule has 2 aromatic heterocycles. The largest absolute Gasteiger partial charge is 0.491 e. The van der Waals surface area contributed by atoms with Crippen LogP contribution in [0.5, 0.6) is 0 Å². The molecule has 0 saturated carbocycles. The molecule has 5 rings (SSSR count). The van der Waals surface area contributed by atoms with Crippen molar-refractivity contribution < 1.29 is 9.68 Å². The number of hydrazone groups is 1. The molecule has 0 bridgehead atoms. The van der Waals surface area contributed by atoms with Crippen LogP contribution in [-0.4, -0.2) is 33.9 Å². The molecule has 1 atom stereocenters. The van der Waals surface area contributed by atoms with E-state index in [2.05, 4.69) is 23.0 Å². The van der Waals surface area contributed by atoms with E-state index >= 15 is 0 Å². The highest BCUT2D eigenvalue weighted by Crippen LogP contribution is 2.32. The molecule has 0 aliphatic carbocycles. The third-order valence-electron chi connectivity index (χ3n) is 5.03. The van der Waals surface area contributed by atoms with Gasteiger partial charge in [0.2, 0.25) is 0 Å². The average Bonchev–Trinajstić information content (AvgIpc) is 3.29. The Labute approximate surface area is 155 Å². The van der Waals surface area contributed by atoms with Gasteiger partial charge < -0.3 is 9.68 Å². The van der Waals surface area contributed by atoms with Crippen LogP contribution in [0.15, 0.2) is 41.1 Å². The van der Waals surface area contributed by atoms with Gasteiger partial charge in [-0.2, -0.15) is 5.10 Å². The molecule has 0 amide bonds. The van der Waals surface area contributed by atoms with E-state index in [9.17, 15) is 5.02 Å². The highest BCUT2D eigenvalue weighted by Gasteiger charge is 2.29. The lowest BCUT2D eigenvalue weighted by atomic mass is 9.79. The SMILES string of the molecule is CC1CCC(c2ccc3c(c2)COB3O)=NN1c1ncnc2ccsc12. The van der Waals surface area contributed by atoms with Gasteiger partial charge in [-0.05, 0) is 53.9 Å². The number of benzene rings is 1. The van der Waals surface area contributed by atoms with E-state index in [1.54, 1.807) is 17.7 Å². The fraction of sp³-hybridized carbons (Fsp3) is 0.278. The lowest BCUT2D eigenvalue weighted by Gasteiger charge is -2.31. The maximum absolute atomic E-state index is 9.81. The first-order chi connectivity index (χ1) is 12.7. The van der Waals surface area contributed by atoms with Crippen molar-refractivity contribution >= 4 is 45.7 Å². The van der Waals surface area contributed by atoms with Crippen LogP contribution in [0.4, 0.5) is 5.82 Å². The minimum atomic E-state index is -0.808. The molecule has 6 nitrogen and oxygen atoms in total. The lowest BCUT2D eigenvalue weighted by Crippen LogP contribution is -2.35. The zero-order valence-electron chi connectivity index (χ0n) is 14.3. The molecular weight excluding hydrogens is 347 g/mol. The molecule has 0 spiro atoms. The maximum atomic E-state index is 9.81. The van der Waals surface area contributed by atoms with Crippen molar-refractivity contribution in [2.45, 2.75) is 32.4 Å². The van der Waals surface area contributed by atoms with Gasteiger partial charge >= 0.3 is 7.12 Å². The normalized spacial score (nSPS) is 19.8. The summed E-state index contributed by atoms with van der Waals surface area (Å²) in [5.41, 5.74) is 4.96. The summed E-state index contributed by atoms with van der Waals surface area (Å²) in [7, 11) is -0.808. The van der Waals surface area contributed by atoms with Crippen molar-refractivity contribution in [3.8, 4) is 0 Å². The molecule has 3 aromatic rings. The van der Waals surface area contributed by atoms with Crippen molar-refractivity contribution in [2.75, 3.05) is 5.01 Å². The van der Waals surface area contributed by atoms with Gasteiger partial charge in [0, 0.05) is 0 Å². The van der Waals surface area contributed by atoms with Gasteiger partial charge in [-0.25, -0.2) is 15.0 Å². The summed E-state index contributed by atoms with van der Waals surface area (Å²) in [6, 6.07) is 8.33. The molecule has 130 valence electrons. The predicted octanol–water partition coefficient (Wildman–Crippen LogP) is 2.30. The summed E-state index contributed by atoms with van der Waals surface area (Å²) in [6.45, 7) is 2.62. The number of anilines is 1. The Morgan fingerprint density at radius 3 is 3.15 bits per heavy atom. The second-order valence-electron chi connectivity index (χ2n) is 6.69. The van der Waals surface area contributed by atoms with Gasteiger partial charge in [0.05, 0.1) is 28.6 Å². The number of rotatable bonds is 2. The Kier molecular flexibility index (Phi) is 3.77. The summed E-state index contributed by atoms with van der Waals surface area (Å²) >= 11 is 1.64. The smallest absolute Gasteiger partial charge is 0.423 e. The molecule has 1 unspecified atom stereocenters. The highest BCUT2D eigenvalue weighted by molar-refractivity contribution is 7.17. The molecule has 2 aliphatic heterocycles. The Morgan fingerprint density at radius 2 is 2.23 bits per heavy atom. The van der Waals surface area contributed by atoms with E-state index in [0.29, 0.717) is 6.61 Å². The summed E-state index contributed by atoms with van der Waals surface area (Å²) in [4.78, 5) is 8.85. The van der Waals surface area contributed by atoms with Crippen LogP contribution in [0, 0.1) is 0 Å². The minimum Gasteiger partial charge on any atom is -0.423 e. The van der Waals surface area contributed by atoms with Crippen LogP contribution in [0.2, 0.25) is 0 Å². The van der Waals surface area contributed by atoms with Crippen molar-refractivity contribution in [1.29, 1.82) is 0 Å². The molecule has 26 heavy (non-hydrogen) atoms. The Balaban J connectivity index is 1.56. The summed E-state index contributed by atoms with van der Waals surface area (Å²) in [6.07, 6.45) is 3.53. The number of fused-ring (bicyclic) bond motifs is 2. The molecule has 4 heterocycles. The van der Waals surface area contributed by atoms with Gasteiger partial charge in [-0.15, -0.1) is 11.3 Å². The average molecular weight is 364 g/mol. The van der Waals surface area contributed by atoms with E-state index in [-0.39, 0.29) is 6.04 Å². The second kappa shape index (κ2) is 6.16. The Morgan fingerprint density at radius 1 is 1.31 bits per heavy atom. The Hall–Kier alpha value is -2.29. The number of nitrogens with zero attached hydrogens (tertiary/aromatic N) is 4. The first-order valence-corrected chi connectivity index (χ1v) is 9.56. The molecule has 0 radical (unpaired) electrons. The Bertz CT molecular complexity index is 1020. The van der Waals surface area contributed by atoms with Crippen LogP contribution in [0.3, 0.4) is 0 Å². The van der Waals surface area contributed by atoms with Gasteiger partial charge in [0.1, 0.15) is 6.33 Å². The summed E-state index contributed by atoms with van der Waals surface area (Å²) < 4.78 is 6.37. The van der Waals surface area contributed by atoms with Crippen molar-refractivity contribution in [2.24, 2.45) is 5.10 Å². The van der Waals surface area contributed by atoms with E-state index in [1.807, 2.05) is 28.6 Å². The molecule has 0 fully saturated rings. The van der Waals surface area contributed by atoms with Crippen LogP contribution in [0.1, 0.15) is 30.9 Å². The zero-order chi connectivity index (χ0) is 17.7. The first-order valence-electron chi connectivity index (χ1n) is 8.68. The first kappa shape index (κ1) is 15.9. The van der Waals surface area contributed by atoms with Gasteiger partial charge in [-0.1, -0.05) is 12.1 Å². The van der Waals surface area contributed by atoms with Crippen molar-refractivity contribution in [1.82, 2.24) is 9.97 Å². The van der Waals surface area contributed by atoms with Crippen molar-refractivity contribution in [3.63, 3.8) is 0 Å². The van der Waals surface area contributed by atoms with Crippen molar-refractivity contribution in [3.05, 3.63) is 47.1 Å². The molecule has 0 saturated heterocycles. The quantitative estimate of drug-likeness (QED) is 0.707. The monoisotopic (exact) mass is 364 g/mol. The standard InChI is InChI=1S/C18H17BN4O2S/c1-11-2-5-15(12-3-4-14-13(8-12)9-25-19(14)24)22-23(11)18-17-16(6-7-26-17)20-10-21-18/h3-4,6-8,10-11,24H,2,5,9H2,1H3. The number of aromatic nitrogens is 2. The van der Waals surface area contributed by atoms with Crippen LogP contribution in [-0.2, 0) is 11.3 Å². The van der Waals surface area contributed by atoms with Crippen LogP contribution >= 0.6 is 11.3 Å². The van der Waals surface area contributed by atoms with E-state index in [0.717, 1.165) is 51.2 Å². The fourth-order valence-electron chi connectivity index (χ4n) is 3.55. The molecular formula is C18H17BN4O2S. The van der Waals surface area contributed by atoms with E-state index < -0.39 is 7.12 Å². The second-order valence-corrected chi connectivity index (χ2v) is 7.60.